The van der Waals surface area contributed by atoms with Crippen molar-refractivity contribution in [3.8, 4) is 0 Å². The Labute approximate surface area is 130 Å². The second-order valence-electron chi connectivity index (χ2n) is 6.28. The molecule has 3 heterocycles. The Bertz CT molecular complexity index is 641. The number of aryl methyl sites for hydroxylation is 2. The first kappa shape index (κ1) is 13.7. The molecule has 6 nitrogen and oxygen atoms in total. The van der Waals surface area contributed by atoms with E-state index in [0.29, 0.717) is 11.9 Å². The van der Waals surface area contributed by atoms with E-state index in [-0.39, 0.29) is 0 Å². The number of nitrogen functional groups attached to an aromatic ring is 1. The first-order chi connectivity index (χ1) is 10.8. The number of nitrogens with zero attached hydrogens (tertiary/aromatic N) is 4. The fraction of sp³-hybridized carbons (Fsp3) is 0.562. The summed E-state index contributed by atoms with van der Waals surface area (Å²) in [5, 5.41) is 0. The number of hydrogen-bond donors (Lipinski definition) is 2. The lowest BCUT2D eigenvalue weighted by molar-refractivity contribution is 0.234. The molecule has 0 aromatic carbocycles. The van der Waals surface area contributed by atoms with Gasteiger partial charge in [0, 0.05) is 11.9 Å². The van der Waals surface area contributed by atoms with E-state index in [9.17, 15) is 0 Å². The third kappa shape index (κ3) is 2.59. The van der Waals surface area contributed by atoms with Crippen LogP contribution in [0.3, 0.4) is 0 Å². The molecule has 1 aliphatic heterocycles. The van der Waals surface area contributed by atoms with E-state index >= 15 is 0 Å². The summed E-state index contributed by atoms with van der Waals surface area (Å²) in [6.07, 6.45) is 8.88. The third-order valence-corrected chi connectivity index (χ3v) is 4.72. The van der Waals surface area contributed by atoms with Crippen molar-refractivity contribution in [3.05, 3.63) is 35.3 Å². The normalized spacial score (nSPS) is 21.9. The van der Waals surface area contributed by atoms with Crippen molar-refractivity contribution in [1.29, 1.82) is 0 Å². The molecule has 2 aromatic heterocycles. The minimum Gasteiger partial charge on any atom is -0.384 e. The van der Waals surface area contributed by atoms with Gasteiger partial charge in [-0.2, -0.15) is 0 Å². The van der Waals surface area contributed by atoms with Gasteiger partial charge in [-0.15, -0.1) is 0 Å². The maximum Gasteiger partial charge on any atom is 0.144 e. The molecule has 0 saturated carbocycles. The number of aromatic amines is 1. The summed E-state index contributed by atoms with van der Waals surface area (Å²) in [6.45, 7) is 1.80. The summed E-state index contributed by atoms with van der Waals surface area (Å²) in [4.78, 5) is 19.5. The van der Waals surface area contributed by atoms with Crippen molar-refractivity contribution in [1.82, 2.24) is 24.8 Å². The Morgan fingerprint density at radius 1 is 1.23 bits per heavy atom. The van der Waals surface area contributed by atoms with Crippen molar-refractivity contribution < 1.29 is 0 Å². The van der Waals surface area contributed by atoms with Crippen LogP contribution < -0.4 is 5.73 Å². The molecule has 1 aliphatic carbocycles. The molecule has 1 saturated heterocycles. The topological polar surface area (TPSA) is 83.7 Å². The molecule has 2 aromatic rings. The number of likely N-dealkylation sites (tertiary alicyclic amines) is 1. The number of nitrogens with two attached hydrogens (primary N) is 1. The maximum absolute atomic E-state index is 5.76. The van der Waals surface area contributed by atoms with Crippen molar-refractivity contribution in [2.75, 3.05) is 12.3 Å². The number of fused-ring (bicyclic) bond motifs is 1. The highest BCUT2D eigenvalue weighted by Crippen LogP contribution is 2.32. The summed E-state index contributed by atoms with van der Waals surface area (Å²) in [5.74, 6) is 2.46. The average Bonchev–Trinajstić information content (AvgIpc) is 3.13. The molecule has 3 N–H and O–H groups in total. The van der Waals surface area contributed by atoms with E-state index in [1.54, 1.807) is 12.3 Å². The van der Waals surface area contributed by atoms with Crippen LogP contribution in [0.15, 0.2) is 12.3 Å². The molecule has 4 rings (SSSR count). The molecule has 0 amide bonds. The molecular weight excluding hydrogens is 276 g/mol. The number of rotatable bonds is 3. The first-order valence-electron chi connectivity index (χ1n) is 8.19. The fourth-order valence-corrected chi connectivity index (χ4v) is 3.63. The first-order valence-corrected chi connectivity index (χ1v) is 8.19. The van der Waals surface area contributed by atoms with E-state index in [2.05, 4.69) is 19.9 Å². The summed E-state index contributed by atoms with van der Waals surface area (Å²) in [7, 11) is 0. The predicted molar refractivity (Wildman–Crippen MR) is 84.1 cm³/mol. The number of H-pyrrole nitrogens is 1. The molecule has 0 spiro atoms. The molecule has 0 bridgehead atoms. The molecule has 1 fully saturated rings. The molecule has 1 atom stereocenters. The minimum absolute atomic E-state index is 0.357. The number of imidazole rings is 1. The number of aromatic nitrogens is 4. The number of nitrogens with one attached hydrogen (secondary N) is 1. The van der Waals surface area contributed by atoms with Crippen molar-refractivity contribution in [3.63, 3.8) is 0 Å². The van der Waals surface area contributed by atoms with Gasteiger partial charge < -0.3 is 10.7 Å². The van der Waals surface area contributed by atoms with Gasteiger partial charge >= 0.3 is 0 Å². The van der Waals surface area contributed by atoms with Gasteiger partial charge in [0.25, 0.3) is 0 Å². The minimum atomic E-state index is 0.357. The zero-order valence-electron chi connectivity index (χ0n) is 12.8. The standard InChI is InChI=1S/C16H22N6/c17-14-7-8-18-15(21-14)10-22-9-3-6-13(22)16-19-11-4-1-2-5-12(11)20-16/h7-8,13H,1-6,9-10H2,(H,19,20)(H2,17,18,21). The summed E-state index contributed by atoms with van der Waals surface area (Å²) in [6, 6.07) is 2.08. The van der Waals surface area contributed by atoms with Gasteiger partial charge in [-0.3, -0.25) is 4.90 Å². The average molecular weight is 298 g/mol. The third-order valence-electron chi connectivity index (χ3n) is 4.72. The van der Waals surface area contributed by atoms with Gasteiger partial charge in [-0.25, -0.2) is 15.0 Å². The zero-order valence-corrected chi connectivity index (χ0v) is 12.8. The lowest BCUT2D eigenvalue weighted by Crippen LogP contribution is -2.24. The molecule has 116 valence electrons. The molecule has 6 heteroatoms. The van der Waals surface area contributed by atoms with Crippen LogP contribution in [0.4, 0.5) is 5.82 Å². The molecule has 1 unspecified atom stereocenters. The number of hydrogen-bond acceptors (Lipinski definition) is 5. The van der Waals surface area contributed by atoms with E-state index < -0.39 is 0 Å². The van der Waals surface area contributed by atoms with E-state index in [4.69, 9.17) is 10.7 Å². The second-order valence-corrected chi connectivity index (χ2v) is 6.28. The molecule has 2 aliphatic rings. The monoisotopic (exact) mass is 298 g/mol. The smallest absolute Gasteiger partial charge is 0.144 e. The van der Waals surface area contributed by atoms with Crippen LogP contribution in [0, 0.1) is 0 Å². The van der Waals surface area contributed by atoms with Gasteiger partial charge in [0.15, 0.2) is 0 Å². The van der Waals surface area contributed by atoms with Gasteiger partial charge in [-0.1, -0.05) is 0 Å². The zero-order chi connectivity index (χ0) is 14.9. The predicted octanol–water partition coefficient (Wildman–Crippen LogP) is 2.00. The molecular formula is C16H22N6. The Kier molecular flexibility index (Phi) is 3.54. The van der Waals surface area contributed by atoms with Crippen LogP contribution in [0.25, 0.3) is 0 Å². The van der Waals surface area contributed by atoms with E-state index in [1.807, 2.05) is 0 Å². The van der Waals surface area contributed by atoms with Gasteiger partial charge in [0.05, 0.1) is 18.3 Å². The van der Waals surface area contributed by atoms with Crippen molar-refractivity contribution in [2.24, 2.45) is 0 Å². The molecule has 0 radical (unpaired) electrons. The Balaban J connectivity index is 1.54. The fourth-order valence-electron chi connectivity index (χ4n) is 3.63. The van der Waals surface area contributed by atoms with Crippen LogP contribution in [0.2, 0.25) is 0 Å². The summed E-state index contributed by atoms with van der Waals surface area (Å²) >= 11 is 0. The Morgan fingerprint density at radius 2 is 2.14 bits per heavy atom. The Hall–Kier alpha value is -1.95. The van der Waals surface area contributed by atoms with Gasteiger partial charge in [0.1, 0.15) is 17.5 Å². The highest BCUT2D eigenvalue weighted by molar-refractivity contribution is 5.25. The van der Waals surface area contributed by atoms with Crippen LogP contribution in [0.1, 0.15) is 54.8 Å². The number of anilines is 1. The van der Waals surface area contributed by atoms with Crippen LogP contribution in [-0.4, -0.2) is 31.4 Å². The lowest BCUT2D eigenvalue weighted by Gasteiger charge is -2.21. The summed E-state index contributed by atoms with van der Waals surface area (Å²) < 4.78 is 0. The quantitative estimate of drug-likeness (QED) is 0.905. The second kappa shape index (κ2) is 5.68. The van der Waals surface area contributed by atoms with Gasteiger partial charge in [-0.05, 0) is 51.1 Å². The largest absolute Gasteiger partial charge is 0.384 e. The van der Waals surface area contributed by atoms with E-state index in [1.165, 1.54) is 30.7 Å². The Morgan fingerprint density at radius 3 is 3.00 bits per heavy atom. The maximum atomic E-state index is 5.76. The SMILES string of the molecule is Nc1ccnc(CN2CCCC2c2nc3c([nH]2)CCCC3)n1. The van der Waals surface area contributed by atoms with Crippen molar-refractivity contribution in [2.45, 2.75) is 51.1 Å². The van der Waals surface area contributed by atoms with E-state index in [0.717, 1.165) is 44.0 Å². The lowest BCUT2D eigenvalue weighted by atomic mass is 10.0. The summed E-state index contributed by atoms with van der Waals surface area (Å²) in [5.41, 5.74) is 8.40. The highest BCUT2D eigenvalue weighted by Gasteiger charge is 2.30. The molecule has 22 heavy (non-hydrogen) atoms. The van der Waals surface area contributed by atoms with Crippen molar-refractivity contribution >= 4 is 5.82 Å². The van der Waals surface area contributed by atoms with Crippen LogP contribution in [0.5, 0.6) is 0 Å². The van der Waals surface area contributed by atoms with Gasteiger partial charge in [0.2, 0.25) is 0 Å². The van der Waals surface area contributed by atoms with Crippen LogP contribution >= 0.6 is 0 Å². The van der Waals surface area contributed by atoms with Crippen LogP contribution in [-0.2, 0) is 19.4 Å². The highest BCUT2D eigenvalue weighted by atomic mass is 15.2.